The lowest BCUT2D eigenvalue weighted by Crippen LogP contribution is -2.32. The van der Waals surface area contributed by atoms with Gasteiger partial charge in [-0.1, -0.05) is 82.3 Å². The molecule has 0 atom stereocenters. The molecule has 5 rings (SSSR count). The average molecular weight is 641 g/mol. The number of amides is 2. The van der Waals surface area contributed by atoms with Crippen LogP contribution in [0.3, 0.4) is 0 Å². The van der Waals surface area contributed by atoms with Gasteiger partial charge in [0.05, 0.1) is 0 Å². The van der Waals surface area contributed by atoms with E-state index in [-0.39, 0.29) is 34.1 Å². The first-order chi connectivity index (χ1) is 22.9. The molecule has 2 N–H and O–H groups in total. The minimum absolute atomic E-state index is 0.179. The lowest BCUT2D eigenvalue weighted by molar-refractivity contribution is 0.0987. The molecule has 2 amide bonds. The molecule has 0 aliphatic heterocycles. The molecule has 0 radical (unpaired) electrons. The van der Waals surface area contributed by atoms with E-state index >= 15 is 0 Å². The van der Waals surface area contributed by atoms with Gasteiger partial charge in [-0.15, -0.1) is 0 Å². The molecular weight excluding hydrogens is 596 g/mol. The van der Waals surface area contributed by atoms with Crippen molar-refractivity contribution in [2.45, 2.75) is 52.4 Å². The highest BCUT2D eigenvalue weighted by atomic mass is 16.3. The second-order valence-electron chi connectivity index (χ2n) is 13.1. The second kappa shape index (κ2) is 13.8. The highest BCUT2D eigenvalue weighted by Crippen LogP contribution is 2.35. The number of aromatic hydroxyl groups is 2. The molecule has 246 valence electrons. The molecule has 0 aliphatic carbocycles. The van der Waals surface area contributed by atoms with E-state index < -0.39 is 0 Å². The number of anilines is 2. The van der Waals surface area contributed by atoms with Gasteiger partial charge in [0.15, 0.2) is 0 Å². The minimum Gasteiger partial charge on any atom is -0.508 e. The number of rotatable bonds is 10. The Kier molecular flexibility index (Phi) is 9.76. The van der Waals surface area contributed by atoms with E-state index in [9.17, 15) is 19.8 Å². The maximum atomic E-state index is 13.8. The van der Waals surface area contributed by atoms with E-state index in [1.807, 2.05) is 86.6 Å². The Balaban J connectivity index is 1.34. The highest BCUT2D eigenvalue weighted by molar-refractivity contribution is 6.10. The SMILES string of the molecule is CCN(C(=O)c1cccc(C(=O)N(CC)c2ccc(C(C)(C)c3ccc(O)cc3)cc2)c1)c1ccc(C(C)(C)c2ccc(O)cc2)cc1. The fourth-order valence-corrected chi connectivity index (χ4v) is 6.19. The minimum atomic E-state index is -0.295. The normalized spacial score (nSPS) is 11.6. The molecule has 5 aromatic rings. The van der Waals surface area contributed by atoms with E-state index in [1.54, 1.807) is 58.3 Å². The van der Waals surface area contributed by atoms with Crippen LogP contribution in [-0.4, -0.2) is 35.1 Å². The second-order valence-corrected chi connectivity index (χ2v) is 13.1. The van der Waals surface area contributed by atoms with Crippen molar-refractivity contribution in [3.8, 4) is 11.5 Å². The molecule has 0 heterocycles. The number of phenols is 2. The van der Waals surface area contributed by atoms with Crippen LogP contribution < -0.4 is 9.80 Å². The summed E-state index contributed by atoms with van der Waals surface area (Å²) in [6.45, 7) is 13.3. The van der Waals surface area contributed by atoms with Crippen LogP contribution in [0.4, 0.5) is 11.4 Å². The van der Waals surface area contributed by atoms with E-state index in [1.165, 1.54) is 0 Å². The average Bonchev–Trinajstić information content (AvgIpc) is 3.10. The van der Waals surface area contributed by atoms with Crippen LogP contribution in [0.1, 0.15) is 84.5 Å². The quantitative estimate of drug-likeness (QED) is 0.160. The van der Waals surface area contributed by atoms with Gasteiger partial charge in [0.2, 0.25) is 0 Å². The third-order valence-electron chi connectivity index (χ3n) is 9.46. The molecule has 0 unspecified atom stereocenters. The summed E-state index contributed by atoms with van der Waals surface area (Å²) in [6.07, 6.45) is 0. The molecule has 48 heavy (non-hydrogen) atoms. The van der Waals surface area contributed by atoms with E-state index in [0.29, 0.717) is 24.2 Å². The Morgan fingerprint density at radius 1 is 0.500 bits per heavy atom. The molecule has 0 saturated carbocycles. The highest BCUT2D eigenvalue weighted by Gasteiger charge is 2.26. The third-order valence-corrected chi connectivity index (χ3v) is 9.46. The zero-order valence-electron chi connectivity index (χ0n) is 28.6. The number of phenolic OH excluding ortho intramolecular Hbond substituents is 2. The Hall–Kier alpha value is -5.36. The molecule has 5 aromatic carbocycles. The van der Waals surface area contributed by atoms with Gasteiger partial charge in [0, 0.05) is 46.4 Å². The van der Waals surface area contributed by atoms with Crippen molar-refractivity contribution in [1.82, 2.24) is 0 Å². The van der Waals surface area contributed by atoms with Crippen LogP contribution in [0.25, 0.3) is 0 Å². The fourth-order valence-electron chi connectivity index (χ4n) is 6.19. The summed E-state index contributed by atoms with van der Waals surface area (Å²) in [4.78, 5) is 31.1. The van der Waals surface area contributed by atoms with Crippen molar-refractivity contribution < 1.29 is 19.8 Å². The van der Waals surface area contributed by atoms with E-state index in [0.717, 1.165) is 33.6 Å². The Bertz CT molecular complexity index is 1740. The van der Waals surface area contributed by atoms with Gasteiger partial charge in [-0.3, -0.25) is 9.59 Å². The first-order valence-corrected chi connectivity index (χ1v) is 16.4. The maximum absolute atomic E-state index is 13.8. The van der Waals surface area contributed by atoms with Crippen molar-refractivity contribution in [3.05, 3.63) is 155 Å². The molecule has 0 aromatic heterocycles. The fraction of sp³-hybridized carbons (Fsp3) is 0.238. The predicted octanol–water partition coefficient (Wildman–Crippen LogP) is 9.08. The van der Waals surface area contributed by atoms with Gasteiger partial charge in [-0.2, -0.15) is 0 Å². The van der Waals surface area contributed by atoms with Crippen molar-refractivity contribution in [2.24, 2.45) is 0 Å². The van der Waals surface area contributed by atoms with Crippen molar-refractivity contribution in [1.29, 1.82) is 0 Å². The number of hydrogen-bond acceptors (Lipinski definition) is 4. The first-order valence-electron chi connectivity index (χ1n) is 16.4. The van der Waals surface area contributed by atoms with Crippen molar-refractivity contribution in [3.63, 3.8) is 0 Å². The third kappa shape index (κ3) is 6.84. The number of carbonyl (C=O) groups is 2. The lowest BCUT2D eigenvalue weighted by atomic mass is 9.78. The van der Waals surface area contributed by atoms with Gasteiger partial charge in [0.25, 0.3) is 11.8 Å². The summed E-state index contributed by atoms with van der Waals surface area (Å²) in [5.41, 5.74) is 6.17. The largest absolute Gasteiger partial charge is 0.508 e. The number of benzene rings is 5. The summed E-state index contributed by atoms with van der Waals surface area (Å²) < 4.78 is 0. The molecular formula is C42H44N2O4. The molecule has 6 nitrogen and oxygen atoms in total. The summed E-state index contributed by atoms with van der Waals surface area (Å²) >= 11 is 0. The van der Waals surface area contributed by atoms with Gasteiger partial charge in [-0.25, -0.2) is 0 Å². The zero-order valence-corrected chi connectivity index (χ0v) is 28.6. The number of hydrogen-bond donors (Lipinski definition) is 2. The summed E-state index contributed by atoms with van der Waals surface area (Å²) in [5, 5.41) is 19.4. The Morgan fingerprint density at radius 2 is 0.792 bits per heavy atom. The monoisotopic (exact) mass is 640 g/mol. The number of carbonyl (C=O) groups excluding carboxylic acids is 2. The van der Waals surface area contributed by atoms with Gasteiger partial charge in [0.1, 0.15) is 11.5 Å². The maximum Gasteiger partial charge on any atom is 0.258 e. The van der Waals surface area contributed by atoms with Crippen LogP contribution in [0.2, 0.25) is 0 Å². The summed E-state index contributed by atoms with van der Waals surface area (Å²) in [5.74, 6) is 0.107. The van der Waals surface area contributed by atoms with Crippen LogP contribution in [0.5, 0.6) is 11.5 Å². The summed E-state index contributed by atoms with van der Waals surface area (Å²) in [7, 11) is 0. The van der Waals surface area contributed by atoms with Crippen LogP contribution in [0, 0.1) is 0 Å². The molecule has 0 aliphatic rings. The molecule has 0 bridgehead atoms. The summed E-state index contributed by atoms with van der Waals surface area (Å²) in [6, 6.07) is 37.4. The van der Waals surface area contributed by atoms with Crippen LogP contribution in [0.15, 0.2) is 121 Å². The standard InChI is InChI=1S/C42H44N2O4/c1-7-43(35-20-12-31(13-21-35)41(3,4)33-16-24-37(45)25-17-33)39(47)29-10-9-11-30(28-29)40(48)44(8-2)36-22-14-32(15-23-36)42(5,6)34-18-26-38(46)27-19-34/h9-28,45-46H,7-8H2,1-6H3. The van der Waals surface area contributed by atoms with Gasteiger partial charge < -0.3 is 20.0 Å². The predicted molar refractivity (Wildman–Crippen MR) is 194 cm³/mol. The first kappa shape index (κ1) is 34.0. The Morgan fingerprint density at radius 3 is 1.08 bits per heavy atom. The zero-order chi connectivity index (χ0) is 34.6. The smallest absolute Gasteiger partial charge is 0.258 e. The van der Waals surface area contributed by atoms with Gasteiger partial charge >= 0.3 is 0 Å². The van der Waals surface area contributed by atoms with Crippen LogP contribution >= 0.6 is 0 Å². The number of nitrogens with zero attached hydrogens (tertiary/aromatic N) is 2. The van der Waals surface area contributed by atoms with Crippen molar-refractivity contribution >= 4 is 23.2 Å². The Labute approximate surface area is 283 Å². The molecule has 0 spiro atoms. The molecule has 6 heteroatoms. The van der Waals surface area contributed by atoms with E-state index in [2.05, 4.69) is 27.7 Å². The van der Waals surface area contributed by atoms with Crippen LogP contribution in [-0.2, 0) is 10.8 Å². The van der Waals surface area contributed by atoms with Gasteiger partial charge in [-0.05, 0) is 103 Å². The lowest BCUT2D eigenvalue weighted by Gasteiger charge is -2.28. The van der Waals surface area contributed by atoms with E-state index in [4.69, 9.17) is 0 Å². The molecule has 0 saturated heterocycles. The molecule has 0 fully saturated rings. The topological polar surface area (TPSA) is 81.1 Å². The van der Waals surface area contributed by atoms with Crippen molar-refractivity contribution in [2.75, 3.05) is 22.9 Å².